The second-order valence-corrected chi connectivity index (χ2v) is 10.8. The normalized spacial score (nSPS) is 22.9. The molecule has 3 saturated heterocycles. The van der Waals surface area contributed by atoms with Gasteiger partial charge in [-0.3, -0.25) is 9.48 Å². The second-order valence-electron chi connectivity index (χ2n) is 10.8. The molecule has 3 aliphatic heterocycles. The first kappa shape index (κ1) is 24.3. The maximum Gasteiger partial charge on any atom is 0.416 e. The maximum absolute atomic E-state index is 13.6. The summed E-state index contributed by atoms with van der Waals surface area (Å²) in [6.45, 7) is 3.75. The fourth-order valence-electron chi connectivity index (χ4n) is 6.08. The second kappa shape index (κ2) is 9.36. The summed E-state index contributed by atoms with van der Waals surface area (Å²) in [5, 5.41) is 4.66. The van der Waals surface area contributed by atoms with Crippen molar-refractivity contribution in [2.75, 3.05) is 39.3 Å². The van der Waals surface area contributed by atoms with Crippen molar-refractivity contribution in [3.63, 3.8) is 0 Å². The van der Waals surface area contributed by atoms with Gasteiger partial charge in [-0.1, -0.05) is 18.2 Å². The van der Waals surface area contributed by atoms with Gasteiger partial charge in [0.05, 0.1) is 29.1 Å². The molecule has 7 nitrogen and oxygen atoms in total. The number of hydrogen-bond acceptors (Lipinski definition) is 3. The van der Waals surface area contributed by atoms with E-state index in [2.05, 4.69) is 5.10 Å². The van der Waals surface area contributed by atoms with Gasteiger partial charge in [0.2, 0.25) is 0 Å². The Labute approximate surface area is 214 Å². The molecule has 1 aromatic heterocycles. The van der Waals surface area contributed by atoms with Crippen LogP contribution in [-0.2, 0) is 6.18 Å². The fourth-order valence-corrected chi connectivity index (χ4v) is 6.08. The monoisotopic (exact) mass is 515 g/mol. The molecule has 6 rings (SSSR count). The number of benzene rings is 1. The summed E-state index contributed by atoms with van der Waals surface area (Å²) in [5.41, 5.74) is 1.21. The number of halogens is 3. The number of carbonyl (C=O) groups excluding carboxylic acids is 2. The average molecular weight is 516 g/mol. The van der Waals surface area contributed by atoms with Gasteiger partial charge in [0.25, 0.3) is 5.91 Å². The highest BCUT2D eigenvalue weighted by molar-refractivity contribution is 5.95. The number of nitrogens with zero attached hydrogens (tertiary/aromatic N) is 5. The molecule has 4 heterocycles. The number of aromatic nitrogens is 2. The number of likely N-dealkylation sites (tertiary alicyclic amines) is 3. The lowest BCUT2D eigenvalue weighted by atomic mass is 9.93. The number of urea groups is 1. The van der Waals surface area contributed by atoms with E-state index < -0.39 is 11.7 Å². The molecule has 1 saturated carbocycles. The molecule has 198 valence electrons. The summed E-state index contributed by atoms with van der Waals surface area (Å²) < 4.78 is 42.7. The Hall–Kier alpha value is -3.04. The molecule has 0 unspecified atom stereocenters. The minimum Gasteiger partial charge on any atom is -0.338 e. The third kappa shape index (κ3) is 4.59. The van der Waals surface area contributed by atoms with E-state index in [1.807, 2.05) is 14.5 Å². The maximum atomic E-state index is 13.6. The zero-order valence-corrected chi connectivity index (χ0v) is 20.8. The van der Waals surface area contributed by atoms with Crippen LogP contribution in [0.5, 0.6) is 0 Å². The Balaban J connectivity index is 1.16. The van der Waals surface area contributed by atoms with Gasteiger partial charge in [-0.25, -0.2) is 4.79 Å². The lowest BCUT2D eigenvalue weighted by Crippen LogP contribution is -2.51. The van der Waals surface area contributed by atoms with E-state index in [1.165, 1.54) is 12.1 Å². The van der Waals surface area contributed by atoms with E-state index in [4.69, 9.17) is 0 Å². The minimum atomic E-state index is -4.41. The van der Waals surface area contributed by atoms with Gasteiger partial charge in [0.1, 0.15) is 0 Å². The Kier molecular flexibility index (Phi) is 6.15. The molecular weight excluding hydrogens is 483 g/mol. The van der Waals surface area contributed by atoms with Gasteiger partial charge < -0.3 is 14.7 Å². The summed E-state index contributed by atoms with van der Waals surface area (Å²) in [4.78, 5) is 31.7. The molecule has 0 spiro atoms. The number of alkyl halides is 3. The fraction of sp³-hybridized carbons (Fsp3) is 0.593. The number of amides is 3. The third-order valence-electron chi connectivity index (χ3n) is 8.42. The van der Waals surface area contributed by atoms with Crippen molar-refractivity contribution in [3.05, 3.63) is 52.8 Å². The Morgan fingerprint density at radius 3 is 2.16 bits per heavy atom. The quantitative estimate of drug-likeness (QED) is 0.584. The van der Waals surface area contributed by atoms with E-state index in [0.717, 1.165) is 57.0 Å². The van der Waals surface area contributed by atoms with Crippen molar-refractivity contribution in [1.29, 1.82) is 0 Å². The highest BCUT2D eigenvalue weighted by atomic mass is 19.4. The summed E-state index contributed by atoms with van der Waals surface area (Å²) >= 11 is 0. The first-order valence-electron chi connectivity index (χ1n) is 13.4. The van der Waals surface area contributed by atoms with Crippen LogP contribution in [0.3, 0.4) is 0 Å². The lowest BCUT2D eigenvalue weighted by molar-refractivity contribution is -0.138. The molecule has 0 N–H and O–H groups in total. The Morgan fingerprint density at radius 1 is 0.838 bits per heavy atom. The SMILES string of the molecule is O=C(c1cnn(C2CCN(C(=O)N3CCC3)CC2)c1C1CC1)N1CC[C@@H](c2ccccc2C(F)(F)F)C1. The van der Waals surface area contributed by atoms with Gasteiger partial charge in [0.15, 0.2) is 0 Å². The molecule has 10 heteroatoms. The number of rotatable bonds is 4. The summed E-state index contributed by atoms with van der Waals surface area (Å²) in [7, 11) is 0. The number of hydrogen-bond donors (Lipinski definition) is 0. The third-order valence-corrected chi connectivity index (χ3v) is 8.42. The standard InChI is InChI=1S/C27H32F3N5O2/c28-27(29,30)23-5-2-1-4-21(23)19-8-13-34(17-19)25(36)22-16-31-35(24(22)18-6-7-18)20-9-14-33(15-10-20)26(37)32-11-3-12-32/h1-2,4-5,16,18-20H,3,6-15,17H2/t19-/m1/s1. The largest absolute Gasteiger partial charge is 0.416 e. The van der Waals surface area contributed by atoms with Crippen molar-refractivity contribution in [2.45, 2.75) is 62.6 Å². The molecule has 4 aliphatic rings. The van der Waals surface area contributed by atoms with Crippen LogP contribution in [0.15, 0.2) is 30.5 Å². The van der Waals surface area contributed by atoms with Crippen LogP contribution in [0.2, 0.25) is 0 Å². The van der Waals surface area contributed by atoms with Crippen molar-refractivity contribution >= 4 is 11.9 Å². The van der Waals surface area contributed by atoms with Gasteiger partial charge in [-0.05, 0) is 50.2 Å². The average Bonchev–Trinajstić information content (AvgIpc) is 3.40. The predicted molar refractivity (Wildman–Crippen MR) is 130 cm³/mol. The minimum absolute atomic E-state index is 0.124. The zero-order chi connectivity index (χ0) is 25.7. The van der Waals surface area contributed by atoms with Gasteiger partial charge in [-0.2, -0.15) is 18.3 Å². The van der Waals surface area contributed by atoms with E-state index in [0.29, 0.717) is 37.5 Å². The summed E-state index contributed by atoms with van der Waals surface area (Å²) in [6, 6.07) is 5.96. The van der Waals surface area contributed by atoms with Crippen LogP contribution in [0, 0.1) is 0 Å². The highest BCUT2D eigenvalue weighted by Gasteiger charge is 2.40. The summed E-state index contributed by atoms with van der Waals surface area (Å²) in [6.07, 6.45) is 2.45. The first-order valence-corrected chi connectivity index (χ1v) is 13.4. The lowest BCUT2D eigenvalue weighted by Gasteiger charge is -2.39. The van der Waals surface area contributed by atoms with Crippen LogP contribution in [0.4, 0.5) is 18.0 Å². The van der Waals surface area contributed by atoms with E-state index in [1.54, 1.807) is 17.2 Å². The van der Waals surface area contributed by atoms with Crippen molar-refractivity contribution in [2.24, 2.45) is 0 Å². The smallest absolute Gasteiger partial charge is 0.338 e. The van der Waals surface area contributed by atoms with Crippen molar-refractivity contribution < 1.29 is 22.8 Å². The van der Waals surface area contributed by atoms with Gasteiger partial charge in [0, 0.05) is 51.1 Å². The van der Waals surface area contributed by atoms with Crippen LogP contribution >= 0.6 is 0 Å². The molecule has 1 aromatic carbocycles. The Morgan fingerprint density at radius 2 is 1.51 bits per heavy atom. The van der Waals surface area contributed by atoms with Crippen LogP contribution in [0.25, 0.3) is 0 Å². The number of carbonyl (C=O) groups is 2. The van der Waals surface area contributed by atoms with E-state index >= 15 is 0 Å². The first-order chi connectivity index (χ1) is 17.8. The van der Waals surface area contributed by atoms with E-state index in [9.17, 15) is 22.8 Å². The highest BCUT2D eigenvalue weighted by Crippen LogP contribution is 2.44. The molecule has 0 radical (unpaired) electrons. The molecule has 4 fully saturated rings. The van der Waals surface area contributed by atoms with E-state index in [-0.39, 0.29) is 36.0 Å². The molecule has 1 aliphatic carbocycles. The van der Waals surface area contributed by atoms with Gasteiger partial charge in [-0.15, -0.1) is 0 Å². The van der Waals surface area contributed by atoms with Crippen LogP contribution < -0.4 is 0 Å². The van der Waals surface area contributed by atoms with Crippen molar-refractivity contribution in [3.8, 4) is 0 Å². The Bertz CT molecular complexity index is 1180. The summed E-state index contributed by atoms with van der Waals surface area (Å²) in [5.74, 6) is -0.174. The predicted octanol–water partition coefficient (Wildman–Crippen LogP) is 4.87. The van der Waals surface area contributed by atoms with Crippen LogP contribution in [0.1, 0.15) is 83.6 Å². The topological polar surface area (TPSA) is 61.7 Å². The molecule has 0 bridgehead atoms. The number of piperidine rings is 1. The molecular formula is C27H32F3N5O2. The molecule has 1 atom stereocenters. The van der Waals surface area contributed by atoms with Gasteiger partial charge >= 0.3 is 12.2 Å². The molecule has 37 heavy (non-hydrogen) atoms. The zero-order valence-electron chi connectivity index (χ0n) is 20.8. The van der Waals surface area contributed by atoms with Crippen molar-refractivity contribution in [1.82, 2.24) is 24.5 Å². The molecule has 3 amide bonds. The molecule has 2 aromatic rings. The van der Waals surface area contributed by atoms with Crippen LogP contribution in [-0.4, -0.2) is 75.7 Å².